The van der Waals surface area contributed by atoms with E-state index in [1.807, 2.05) is 6.07 Å². The van der Waals surface area contributed by atoms with Crippen molar-refractivity contribution in [3.8, 4) is 22.3 Å². The van der Waals surface area contributed by atoms with Crippen LogP contribution >= 0.6 is 0 Å². The molecule has 0 spiro atoms. The maximum absolute atomic E-state index is 5.46. The monoisotopic (exact) mass is 371 g/mol. The molecule has 1 heterocycles. The largest absolute Gasteiger partial charge is 0.443 e. The number of aromatic nitrogens is 1. The van der Waals surface area contributed by atoms with Crippen LogP contribution in [0, 0.1) is 0 Å². The highest BCUT2D eigenvalue weighted by atomic mass is 16.3. The minimum atomic E-state index is 0.814. The molecule has 0 amide bonds. The summed E-state index contributed by atoms with van der Waals surface area (Å²) in [6.07, 6.45) is 1.49. The molecule has 1 aromatic heterocycles. The Bertz CT molecular complexity index is 1500. The lowest BCUT2D eigenvalue weighted by Crippen LogP contribution is -1.83. The molecule has 0 fully saturated rings. The van der Waals surface area contributed by atoms with Crippen molar-refractivity contribution in [2.45, 2.75) is 0 Å². The van der Waals surface area contributed by atoms with Gasteiger partial charge in [0.15, 0.2) is 12.0 Å². The quantitative estimate of drug-likeness (QED) is 0.295. The normalized spacial score (nSPS) is 11.4. The van der Waals surface area contributed by atoms with Gasteiger partial charge in [0.1, 0.15) is 5.52 Å². The predicted octanol–water partition coefficient (Wildman–Crippen LogP) is 7.47. The van der Waals surface area contributed by atoms with Gasteiger partial charge in [0, 0.05) is 0 Å². The highest BCUT2D eigenvalue weighted by Crippen LogP contribution is 2.33. The van der Waals surface area contributed by atoms with Gasteiger partial charge in [0.2, 0.25) is 0 Å². The molecule has 29 heavy (non-hydrogen) atoms. The zero-order chi connectivity index (χ0) is 19.2. The van der Waals surface area contributed by atoms with E-state index < -0.39 is 0 Å². The molecule has 2 nitrogen and oxygen atoms in total. The van der Waals surface area contributed by atoms with E-state index in [4.69, 9.17) is 4.42 Å². The number of fused-ring (bicyclic) bond motifs is 4. The smallest absolute Gasteiger partial charge is 0.181 e. The minimum Gasteiger partial charge on any atom is -0.443 e. The van der Waals surface area contributed by atoms with E-state index in [0.29, 0.717) is 0 Å². The summed E-state index contributed by atoms with van der Waals surface area (Å²) in [7, 11) is 0. The number of rotatable bonds is 2. The molecule has 0 bridgehead atoms. The number of oxazole rings is 1. The summed E-state index contributed by atoms with van der Waals surface area (Å²) in [5.74, 6) is 0. The van der Waals surface area contributed by atoms with Crippen LogP contribution in [0.3, 0.4) is 0 Å². The van der Waals surface area contributed by atoms with Crippen LogP contribution in [0.2, 0.25) is 0 Å². The molecule has 0 radical (unpaired) electrons. The summed E-state index contributed by atoms with van der Waals surface area (Å²) in [4.78, 5) is 4.20. The van der Waals surface area contributed by atoms with E-state index in [2.05, 4.69) is 96.0 Å². The average molecular weight is 371 g/mol. The van der Waals surface area contributed by atoms with Crippen molar-refractivity contribution in [3.63, 3.8) is 0 Å². The molecule has 0 saturated carbocycles. The molecule has 6 aromatic rings. The Kier molecular flexibility index (Phi) is 3.50. The summed E-state index contributed by atoms with van der Waals surface area (Å²) >= 11 is 0. The van der Waals surface area contributed by atoms with Crippen molar-refractivity contribution in [3.05, 3.63) is 103 Å². The predicted molar refractivity (Wildman–Crippen MR) is 120 cm³/mol. The average Bonchev–Trinajstić information content (AvgIpc) is 3.27. The van der Waals surface area contributed by atoms with Gasteiger partial charge in [-0.1, -0.05) is 72.8 Å². The molecule has 0 aliphatic rings. The molecule has 2 heteroatoms. The highest BCUT2D eigenvalue weighted by Gasteiger charge is 2.07. The Morgan fingerprint density at radius 1 is 0.517 bits per heavy atom. The van der Waals surface area contributed by atoms with Gasteiger partial charge in [0.25, 0.3) is 0 Å². The van der Waals surface area contributed by atoms with E-state index in [1.54, 1.807) is 0 Å². The zero-order valence-corrected chi connectivity index (χ0v) is 15.7. The van der Waals surface area contributed by atoms with Crippen LogP contribution in [-0.4, -0.2) is 4.98 Å². The zero-order valence-electron chi connectivity index (χ0n) is 15.7. The van der Waals surface area contributed by atoms with Crippen LogP contribution in [0.25, 0.3) is 54.9 Å². The topological polar surface area (TPSA) is 26.0 Å². The van der Waals surface area contributed by atoms with Gasteiger partial charge in [-0.25, -0.2) is 4.98 Å². The summed E-state index contributed by atoms with van der Waals surface area (Å²) in [5, 5.41) is 5.04. The van der Waals surface area contributed by atoms with Gasteiger partial charge in [-0.15, -0.1) is 0 Å². The Hall–Kier alpha value is -3.91. The first-order valence-corrected chi connectivity index (χ1v) is 9.71. The molecule has 0 aliphatic carbocycles. The van der Waals surface area contributed by atoms with E-state index in [-0.39, 0.29) is 0 Å². The second kappa shape index (κ2) is 6.32. The van der Waals surface area contributed by atoms with Crippen LogP contribution < -0.4 is 0 Å². The minimum absolute atomic E-state index is 0.814. The third-order valence-electron chi connectivity index (χ3n) is 5.61. The lowest BCUT2D eigenvalue weighted by molar-refractivity contribution is 0.602. The standard InChI is InChI=1S/C27H17NO/c1-2-4-18(5-3-1)19-8-11-24-22(14-19)6-7-23-15-20(9-12-25(23)24)21-10-13-26-27(16-21)29-17-28-26/h1-17H. The van der Waals surface area contributed by atoms with Gasteiger partial charge in [0.05, 0.1) is 0 Å². The van der Waals surface area contributed by atoms with Crippen molar-refractivity contribution in [1.29, 1.82) is 0 Å². The summed E-state index contributed by atoms with van der Waals surface area (Å²) in [6, 6.07) is 34.5. The molecule has 6 rings (SSSR count). The first kappa shape index (κ1) is 16.1. The Morgan fingerprint density at radius 2 is 1.14 bits per heavy atom. The number of benzene rings is 5. The van der Waals surface area contributed by atoms with Gasteiger partial charge in [-0.05, 0) is 68.1 Å². The fourth-order valence-electron chi connectivity index (χ4n) is 4.10. The first-order valence-electron chi connectivity index (χ1n) is 9.71. The van der Waals surface area contributed by atoms with Crippen molar-refractivity contribution in [2.75, 3.05) is 0 Å². The van der Waals surface area contributed by atoms with Gasteiger partial charge in [-0.2, -0.15) is 0 Å². The van der Waals surface area contributed by atoms with Crippen LogP contribution in [0.4, 0.5) is 0 Å². The molecular weight excluding hydrogens is 354 g/mol. The fraction of sp³-hybridized carbons (Fsp3) is 0. The van der Waals surface area contributed by atoms with Crippen molar-refractivity contribution in [2.24, 2.45) is 0 Å². The van der Waals surface area contributed by atoms with Gasteiger partial charge in [-0.3, -0.25) is 0 Å². The third-order valence-corrected chi connectivity index (χ3v) is 5.61. The molecule has 0 unspecified atom stereocenters. The van der Waals surface area contributed by atoms with Crippen LogP contribution in [0.1, 0.15) is 0 Å². The summed E-state index contributed by atoms with van der Waals surface area (Å²) in [5.41, 5.74) is 6.50. The van der Waals surface area contributed by atoms with Crippen LogP contribution in [0.5, 0.6) is 0 Å². The van der Waals surface area contributed by atoms with E-state index in [9.17, 15) is 0 Å². The first-order chi connectivity index (χ1) is 14.3. The lowest BCUT2D eigenvalue weighted by Gasteiger charge is -2.09. The van der Waals surface area contributed by atoms with Gasteiger partial charge < -0.3 is 4.42 Å². The van der Waals surface area contributed by atoms with Crippen LogP contribution in [-0.2, 0) is 0 Å². The molecule has 136 valence electrons. The summed E-state index contributed by atoms with van der Waals surface area (Å²) < 4.78 is 5.46. The number of nitrogens with zero attached hydrogens (tertiary/aromatic N) is 1. The molecule has 5 aromatic carbocycles. The number of hydrogen-bond acceptors (Lipinski definition) is 2. The second-order valence-corrected chi connectivity index (χ2v) is 7.34. The van der Waals surface area contributed by atoms with E-state index >= 15 is 0 Å². The van der Waals surface area contributed by atoms with E-state index in [0.717, 1.165) is 16.7 Å². The molecule has 0 atom stereocenters. The Morgan fingerprint density at radius 3 is 1.86 bits per heavy atom. The maximum atomic E-state index is 5.46. The molecular formula is C27H17NO. The van der Waals surface area contributed by atoms with Crippen molar-refractivity contribution in [1.82, 2.24) is 4.98 Å². The SMILES string of the molecule is c1ccc(-c2ccc3c(ccc4cc(-c5ccc6ncoc6c5)ccc43)c2)cc1. The third kappa shape index (κ3) is 2.69. The second-order valence-electron chi connectivity index (χ2n) is 7.34. The summed E-state index contributed by atoms with van der Waals surface area (Å²) in [6.45, 7) is 0. The molecule has 0 N–H and O–H groups in total. The Balaban J connectivity index is 1.48. The molecule has 0 saturated heterocycles. The highest BCUT2D eigenvalue weighted by molar-refractivity contribution is 6.09. The fourth-order valence-corrected chi connectivity index (χ4v) is 4.10. The van der Waals surface area contributed by atoms with Crippen LogP contribution in [0.15, 0.2) is 108 Å². The van der Waals surface area contributed by atoms with Gasteiger partial charge >= 0.3 is 0 Å². The maximum Gasteiger partial charge on any atom is 0.181 e. The van der Waals surface area contributed by atoms with E-state index in [1.165, 1.54) is 44.6 Å². The molecule has 0 aliphatic heterocycles. The van der Waals surface area contributed by atoms with Crippen molar-refractivity contribution < 1.29 is 4.42 Å². The lowest BCUT2D eigenvalue weighted by atomic mass is 9.95. The Labute approximate surface area is 168 Å². The van der Waals surface area contributed by atoms with Crippen molar-refractivity contribution >= 4 is 32.6 Å². The number of hydrogen-bond donors (Lipinski definition) is 0.